The SMILES string of the molecule is CCc1nc2c(cnn2CC)c(NC2CCOCC2)c1CN(Cc1ccc(C)c(-c2cccc(CN3CCN(C(C)=O)CC3)c2)c1)C(=O)c1cccc(C(N)=O)n1. The Hall–Kier alpha value is -5.66. The average Bonchev–Trinajstić information content (AvgIpc) is 3.65. The van der Waals surface area contributed by atoms with Crippen molar-refractivity contribution in [2.45, 2.75) is 79.2 Å². The normalized spacial score (nSPS) is 15.2. The van der Waals surface area contributed by atoms with Crippen molar-refractivity contribution >= 4 is 34.4 Å². The van der Waals surface area contributed by atoms with E-state index in [-0.39, 0.29) is 42.3 Å². The van der Waals surface area contributed by atoms with Gasteiger partial charge in [-0.1, -0.05) is 43.3 Å². The molecule has 0 saturated carbocycles. The van der Waals surface area contributed by atoms with Gasteiger partial charge in [0.1, 0.15) is 11.4 Å². The number of benzene rings is 2. The first kappa shape index (κ1) is 39.6. The number of ether oxygens (including phenoxy) is 1. The first-order valence-corrected chi connectivity index (χ1v) is 20.1. The number of carbonyl (C=O) groups excluding carboxylic acids is 3. The van der Waals surface area contributed by atoms with Gasteiger partial charge in [-0.15, -0.1) is 0 Å². The van der Waals surface area contributed by atoms with Gasteiger partial charge in [0.2, 0.25) is 5.91 Å². The van der Waals surface area contributed by atoms with E-state index in [1.54, 1.807) is 24.0 Å². The van der Waals surface area contributed by atoms with E-state index in [9.17, 15) is 14.4 Å². The fourth-order valence-electron chi connectivity index (χ4n) is 7.94. The molecule has 2 saturated heterocycles. The predicted molar refractivity (Wildman–Crippen MR) is 221 cm³/mol. The van der Waals surface area contributed by atoms with Crippen molar-refractivity contribution in [3.63, 3.8) is 0 Å². The minimum absolute atomic E-state index is 0.0326. The van der Waals surface area contributed by atoms with Crippen LogP contribution in [0, 0.1) is 6.92 Å². The minimum Gasteiger partial charge on any atom is -0.381 e. The zero-order valence-electron chi connectivity index (χ0n) is 33.5. The summed E-state index contributed by atoms with van der Waals surface area (Å²) in [4.78, 5) is 54.3. The second-order valence-corrected chi connectivity index (χ2v) is 15.1. The van der Waals surface area contributed by atoms with Gasteiger partial charge in [-0.3, -0.25) is 19.3 Å². The van der Waals surface area contributed by atoms with Crippen molar-refractivity contribution in [2.24, 2.45) is 5.73 Å². The molecule has 3 amide bonds. The van der Waals surface area contributed by atoms with Crippen LogP contribution in [0.1, 0.15) is 82.5 Å². The lowest BCUT2D eigenvalue weighted by atomic mass is 9.96. The first-order valence-electron chi connectivity index (χ1n) is 20.1. The topological polar surface area (TPSA) is 152 Å². The Bertz CT molecular complexity index is 2260. The predicted octanol–water partition coefficient (Wildman–Crippen LogP) is 5.58. The van der Waals surface area contributed by atoms with Crippen LogP contribution < -0.4 is 11.1 Å². The number of pyridine rings is 2. The van der Waals surface area contributed by atoms with Crippen LogP contribution in [0.2, 0.25) is 0 Å². The smallest absolute Gasteiger partial charge is 0.273 e. The van der Waals surface area contributed by atoms with E-state index < -0.39 is 5.91 Å². The Morgan fingerprint density at radius 2 is 1.67 bits per heavy atom. The molecule has 0 bridgehead atoms. The standard InChI is InChI=1S/C44H53N9O4/c1-5-38-37(41(47-34-15-21-57-22-16-34)36-25-46-53(6-2)43(36)49-38)28-52(44(56)40-12-8-11-39(48-40)42(45)55)27-32-14-13-29(3)35(24-32)33-10-7-9-31(23-33)26-50-17-19-51(20-18-50)30(4)54/h7-14,23-25,34H,5-6,15-22,26-28H2,1-4H3,(H2,45,55)(H,47,49). The van der Waals surface area contributed by atoms with Crippen molar-refractivity contribution in [2.75, 3.05) is 44.7 Å². The van der Waals surface area contributed by atoms with Gasteiger partial charge < -0.3 is 25.6 Å². The zero-order chi connectivity index (χ0) is 40.1. The highest BCUT2D eigenvalue weighted by Gasteiger charge is 2.27. The van der Waals surface area contributed by atoms with Crippen molar-refractivity contribution in [3.8, 4) is 11.1 Å². The van der Waals surface area contributed by atoms with Crippen LogP contribution in [0.3, 0.4) is 0 Å². The Morgan fingerprint density at radius 1 is 0.912 bits per heavy atom. The van der Waals surface area contributed by atoms with Crippen LogP contribution in [0.4, 0.5) is 5.69 Å². The second kappa shape index (κ2) is 17.6. The number of primary amides is 1. The number of nitrogens with zero attached hydrogens (tertiary/aromatic N) is 7. The van der Waals surface area contributed by atoms with E-state index in [0.717, 1.165) is 95.8 Å². The van der Waals surface area contributed by atoms with Crippen molar-refractivity contribution in [1.29, 1.82) is 0 Å². The third-order valence-corrected chi connectivity index (χ3v) is 11.2. The Kier molecular flexibility index (Phi) is 12.2. The number of anilines is 1. The maximum absolute atomic E-state index is 14.7. The number of amides is 3. The monoisotopic (exact) mass is 771 g/mol. The fourth-order valence-corrected chi connectivity index (χ4v) is 7.94. The molecule has 3 N–H and O–H groups in total. The number of aryl methyl sites for hydroxylation is 3. The van der Waals surface area contributed by atoms with Crippen LogP contribution >= 0.6 is 0 Å². The summed E-state index contributed by atoms with van der Waals surface area (Å²) < 4.78 is 7.59. The van der Waals surface area contributed by atoms with Gasteiger partial charge in [0.05, 0.1) is 23.8 Å². The van der Waals surface area contributed by atoms with E-state index in [1.165, 1.54) is 11.6 Å². The summed E-state index contributed by atoms with van der Waals surface area (Å²) in [5.41, 5.74) is 14.8. The molecule has 0 aliphatic carbocycles. The van der Waals surface area contributed by atoms with Gasteiger partial charge in [0.15, 0.2) is 5.65 Å². The molecule has 298 valence electrons. The molecular weight excluding hydrogens is 719 g/mol. The number of fused-ring (bicyclic) bond motifs is 1. The van der Waals surface area contributed by atoms with Crippen LogP contribution in [0.5, 0.6) is 0 Å². The number of aromatic nitrogens is 4. The molecule has 57 heavy (non-hydrogen) atoms. The number of rotatable bonds is 13. The van der Waals surface area contributed by atoms with Gasteiger partial charge in [0.25, 0.3) is 11.8 Å². The van der Waals surface area contributed by atoms with E-state index in [4.69, 9.17) is 15.5 Å². The largest absolute Gasteiger partial charge is 0.381 e. The van der Waals surface area contributed by atoms with Crippen molar-refractivity contribution in [3.05, 3.63) is 106 Å². The summed E-state index contributed by atoms with van der Waals surface area (Å²) in [6.07, 6.45) is 4.25. The zero-order valence-corrected chi connectivity index (χ0v) is 33.5. The van der Waals surface area contributed by atoms with E-state index in [1.807, 2.05) is 15.8 Å². The number of carbonyl (C=O) groups is 3. The molecule has 0 atom stereocenters. The summed E-state index contributed by atoms with van der Waals surface area (Å²) in [5.74, 6) is -0.892. The molecule has 5 heterocycles. The molecule has 0 spiro atoms. The summed E-state index contributed by atoms with van der Waals surface area (Å²) in [5, 5.41) is 9.43. The maximum Gasteiger partial charge on any atom is 0.273 e. The van der Waals surface area contributed by atoms with Crippen LogP contribution in [-0.2, 0) is 42.1 Å². The summed E-state index contributed by atoms with van der Waals surface area (Å²) >= 11 is 0. The molecule has 13 nitrogen and oxygen atoms in total. The number of hydrogen-bond donors (Lipinski definition) is 2. The maximum atomic E-state index is 14.7. The lowest BCUT2D eigenvalue weighted by Gasteiger charge is -2.34. The summed E-state index contributed by atoms with van der Waals surface area (Å²) in [6.45, 7) is 14.4. The molecule has 2 fully saturated rings. The van der Waals surface area contributed by atoms with Crippen molar-refractivity contribution < 1.29 is 19.1 Å². The van der Waals surface area contributed by atoms with Gasteiger partial charge in [-0.05, 0) is 85.2 Å². The molecule has 0 unspecified atom stereocenters. The van der Waals surface area contributed by atoms with E-state index in [2.05, 4.69) is 83.5 Å². The van der Waals surface area contributed by atoms with Crippen LogP contribution in [-0.4, -0.2) is 97.6 Å². The lowest BCUT2D eigenvalue weighted by molar-refractivity contribution is -0.130. The highest BCUT2D eigenvalue weighted by atomic mass is 16.5. The molecule has 5 aromatic rings. The summed E-state index contributed by atoms with van der Waals surface area (Å²) in [6, 6.07) is 19.9. The Labute approximate surface area is 334 Å². The van der Waals surface area contributed by atoms with Gasteiger partial charge >= 0.3 is 0 Å². The average molecular weight is 772 g/mol. The third-order valence-electron chi connectivity index (χ3n) is 11.2. The van der Waals surface area contributed by atoms with Crippen LogP contribution in [0.15, 0.2) is 66.9 Å². The second-order valence-electron chi connectivity index (χ2n) is 15.1. The molecule has 2 aliphatic heterocycles. The Morgan fingerprint density at radius 3 is 2.39 bits per heavy atom. The molecule has 2 aromatic carbocycles. The molecule has 2 aliphatic rings. The third kappa shape index (κ3) is 9.00. The van der Waals surface area contributed by atoms with E-state index >= 15 is 0 Å². The molecule has 0 radical (unpaired) electrons. The number of nitrogens with one attached hydrogen (secondary N) is 1. The number of hydrogen-bond acceptors (Lipinski definition) is 9. The quantitative estimate of drug-likeness (QED) is 0.156. The van der Waals surface area contributed by atoms with Gasteiger partial charge in [-0.25, -0.2) is 14.6 Å². The number of nitrogens with two attached hydrogens (primary N) is 1. The highest BCUT2D eigenvalue weighted by Crippen LogP contribution is 2.34. The van der Waals surface area contributed by atoms with Gasteiger partial charge in [-0.2, -0.15) is 5.10 Å². The lowest BCUT2D eigenvalue weighted by Crippen LogP contribution is -2.47. The van der Waals surface area contributed by atoms with E-state index in [0.29, 0.717) is 26.2 Å². The first-order chi connectivity index (χ1) is 27.6. The van der Waals surface area contributed by atoms with Crippen molar-refractivity contribution in [1.82, 2.24) is 34.4 Å². The van der Waals surface area contributed by atoms with Crippen LogP contribution in [0.25, 0.3) is 22.2 Å². The molecule has 3 aromatic heterocycles. The molecular formula is C44H53N9O4. The van der Waals surface area contributed by atoms with Gasteiger partial charge in [0, 0.05) is 83.3 Å². The molecule has 7 rings (SSSR count). The fraction of sp³-hybridized carbons (Fsp3) is 0.409. The Balaban J connectivity index is 1.24. The molecule has 13 heteroatoms. The minimum atomic E-state index is -0.696. The number of piperazine rings is 1. The highest BCUT2D eigenvalue weighted by molar-refractivity contribution is 5.96. The summed E-state index contributed by atoms with van der Waals surface area (Å²) in [7, 11) is 0.